The molecule has 1 aromatic carbocycles. The van der Waals surface area contributed by atoms with Crippen LogP contribution in [0.15, 0.2) is 24.3 Å². The quantitative estimate of drug-likeness (QED) is 0.397. The fraction of sp³-hybridized carbons (Fsp3) is 0.593. The molecule has 0 unspecified atom stereocenters. The minimum Gasteiger partial charge on any atom is -0.469 e. The van der Waals surface area contributed by atoms with Crippen molar-refractivity contribution in [3.63, 3.8) is 0 Å². The van der Waals surface area contributed by atoms with Crippen molar-refractivity contribution in [2.24, 2.45) is 5.92 Å². The molecule has 0 atom stereocenters. The molecule has 38 heavy (non-hydrogen) atoms. The van der Waals surface area contributed by atoms with Gasteiger partial charge in [-0.3, -0.25) is 19.2 Å². The van der Waals surface area contributed by atoms with Crippen molar-refractivity contribution in [1.82, 2.24) is 19.6 Å². The summed E-state index contributed by atoms with van der Waals surface area (Å²) in [5, 5.41) is 3.83. The molecule has 3 heterocycles. The van der Waals surface area contributed by atoms with Gasteiger partial charge in [0, 0.05) is 12.1 Å². The van der Waals surface area contributed by atoms with Crippen LogP contribution in [-0.4, -0.2) is 64.7 Å². The van der Waals surface area contributed by atoms with Crippen LogP contribution in [0.1, 0.15) is 63.1 Å². The van der Waals surface area contributed by atoms with Gasteiger partial charge in [0.25, 0.3) is 0 Å². The Hall–Kier alpha value is -2.95. The number of nitrogens with zero attached hydrogens (tertiary/aromatic N) is 4. The van der Waals surface area contributed by atoms with Gasteiger partial charge in [0.2, 0.25) is 5.91 Å². The van der Waals surface area contributed by atoms with Crippen molar-refractivity contribution < 1.29 is 31.9 Å². The number of fused-ring (bicyclic) bond motifs is 1. The number of likely N-dealkylation sites (tertiary alicyclic amines) is 1. The topological polar surface area (TPSA) is 67.7 Å². The summed E-state index contributed by atoms with van der Waals surface area (Å²) in [6.45, 7) is 9.53. The van der Waals surface area contributed by atoms with Crippen LogP contribution in [0.25, 0.3) is 0 Å². The maximum Gasteiger partial charge on any atom is 0.435 e. The normalized spacial score (nSPS) is 16.0. The molecule has 0 aliphatic carbocycles. The van der Waals surface area contributed by atoms with Crippen LogP contribution in [0.2, 0.25) is 0 Å². The van der Waals surface area contributed by atoms with Gasteiger partial charge in [-0.2, -0.15) is 18.3 Å². The highest BCUT2D eigenvalue weighted by atomic mass is 19.4. The van der Waals surface area contributed by atoms with E-state index in [1.54, 1.807) is 4.90 Å². The summed E-state index contributed by atoms with van der Waals surface area (Å²) in [6.07, 6.45) is -3.34. The standard InChI is InChI=1S/C23H26F4N4O3.2C2H6/c1-34-22(33)16-6-9-29(10-7-16)14-20(32)30-11-8-18-19(13-30)31(28-21(18)23(25,26)27)12-15-2-4-17(24)5-3-15;2*1-2/h2-5,16H,6-14H2,1H3;2*1-2H3. The monoisotopic (exact) mass is 542 g/mol. The second-order valence-electron chi connectivity index (χ2n) is 8.69. The number of alkyl halides is 3. The molecule has 1 saturated heterocycles. The second-order valence-corrected chi connectivity index (χ2v) is 8.69. The minimum atomic E-state index is -4.60. The molecule has 0 radical (unpaired) electrons. The Bertz CT molecular complexity index is 1050. The van der Waals surface area contributed by atoms with Crippen LogP contribution in [-0.2, 0) is 40.0 Å². The third kappa shape index (κ3) is 7.78. The number of esters is 1. The smallest absolute Gasteiger partial charge is 0.435 e. The van der Waals surface area contributed by atoms with Crippen LogP contribution in [0, 0.1) is 11.7 Å². The first-order valence-corrected chi connectivity index (χ1v) is 13.1. The van der Waals surface area contributed by atoms with E-state index in [1.807, 2.05) is 32.6 Å². The van der Waals surface area contributed by atoms with Crippen molar-refractivity contribution in [2.75, 3.05) is 33.3 Å². The lowest BCUT2D eigenvalue weighted by Gasteiger charge is -2.33. The lowest BCUT2D eigenvalue weighted by Crippen LogP contribution is -2.46. The highest BCUT2D eigenvalue weighted by Gasteiger charge is 2.41. The zero-order valence-electron chi connectivity index (χ0n) is 22.8. The molecule has 7 nitrogen and oxygen atoms in total. The van der Waals surface area contributed by atoms with Gasteiger partial charge >= 0.3 is 12.1 Å². The molecule has 2 aliphatic heterocycles. The fourth-order valence-corrected chi connectivity index (χ4v) is 4.60. The number of rotatable bonds is 5. The van der Waals surface area contributed by atoms with Gasteiger partial charge in [-0.05, 0) is 50.0 Å². The number of carbonyl (C=O) groups excluding carboxylic acids is 2. The lowest BCUT2D eigenvalue weighted by atomic mass is 9.97. The molecule has 1 aromatic heterocycles. The van der Waals surface area contributed by atoms with E-state index in [4.69, 9.17) is 4.74 Å². The number of aromatic nitrogens is 2. The summed E-state index contributed by atoms with van der Waals surface area (Å²) < 4.78 is 60.1. The third-order valence-electron chi connectivity index (χ3n) is 6.49. The van der Waals surface area contributed by atoms with E-state index in [9.17, 15) is 27.2 Å². The third-order valence-corrected chi connectivity index (χ3v) is 6.49. The molecular weight excluding hydrogens is 504 g/mol. The van der Waals surface area contributed by atoms with Crippen LogP contribution < -0.4 is 0 Å². The van der Waals surface area contributed by atoms with Crippen molar-refractivity contribution in [1.29, 1.82) is 0 Å². The van der Waals surface area contributed by atoms with E-state index in [-0.39, 0.29) is 56.0 Å². The maximum atomic E-state index is 13.6. The molecule has 212 valence electrons. The molecule has 4 rings (SSSR count). The average Bonchev–Trinajstić information content (AvgIpc) is 3.30. The Morgan fingerprint density at radius 2 is 1.63 bits per heavy atom. The molecule has 1 fully saturated rings. The minimum absolute atomic E-state index is 0.0249. The van der Waals surface area contributed by atoms with Crippen molar-refractivity contribution in [2.45, 2.75) is 66.2 Å². The Labute approximate surface area is 221 Å². The summed E-state index contributed by atoms with van der Waals surface area (Å²) in [5.41, 5.74) is 0.136. The summed E-state index contributed by atoms with van der Waals surface area (Å²) >= 11 is 0. The van der Waals surface area contributed by atoms with Crippen LogP contribution in [0.4, 0.5) is 17.6 Å². The average molecular weight is 543 g/mol. The Morgan fingerprint density at radius 3 is 2.18 bits per heavy atom. The molecule has 11 heteroatoms. The zero-order valence-corrected chi connectivity index (χ0v) is 22.8. The summed E-state index contributed by atoms with van der Waals surface area (Å²) in [4.78, 5) is 28.2. The number of piperidine rings is 1. The molecule has 0 spiro atoms. The van der Waals surface area contributed by atoms with Gasteiger partial charge in [-0.25, -0.2) is 4.39 Å². The number of hydrogen-bond acceptors (Lipinski definition) is 5. The van der Waals surface area contributed by atoms with Crippen molar-refractivity contribution >= 4 is 11.9 Å². The van der Waals surface area contributed by atoms with E-state index in [0.717, 1.165) is 0 Å². The predicted molar refractivity (Wildman–Crippen MR) is 136 cm³/mol. The predicted octanol–water partition coefficient (Wildman–Crippen LogP) is 4.91. The Balaban J connectivity index is 0.00000121. The molecule has 0 saturated carbocycles. The van der Waals surface area contributed by atoms with E-state index in [1.165, 1.54) is 36.1 Å². The summed E-state index contributed by atoms with van der Waals surface area (Å²) in [7, 11) is 1.35. The first kappa shape index (κ1) is 31.3. The van der Waals surface area contributed by atoms with E-state index >= 15 is 0 Å². The van der Waals surface area contributed by atoms with Gasteiger partial charge in [0.15, 0.2) is 5.69 Å². The first-order valence-electron chi connectivity index (χ1n) is 13.1. The van der Waals surface area contributed by atoms with E-state index < -0.39 is 17.7 Å². The van der Waals surface area contributed by atoms with Crippen LogP contribution in [0.3, 0.4) is 0 Å². The van der Waals surface area contributed by atoms with E-state index in [2.05, 4.69) is 5.10 Å². The molecule has 0 N–H and O–H groups in total. The molecule has 0 bridgehead atoms. The fourth-order valence-electron chi connectivity index (χ4n) is 4.60. The van der Waals surface area contributed by atoms with Gasteiger partial charge in [-0.15, -0.1) is 0 Å². The maximum absolute atomic E-state index is 13.6. The Morgan fingerprint density at radius 1 is 1.03 bits per heavy atom. The lowest BCUT2D eigenvalue weighted by molar-refractivity contribution is -0.147. The number of hydrogen-bond donors (Lipinski definition) is 0. The first-order chi connectivity index (χ1) is 18.2. The summed E-state index contributed by atoms with van der Waals surface area (Å²) in [5.74, 6) is -1.03. The largest absolute Gasteiger partial charge is 0.469 e. The van der Waals surface area contributed by atoms with Crippen molar-refractivity contribution in [3.05, 3.63) is 52.6 Å². The number of halogens is 4. The highest BCUT2D eigenvalue weighted by Crippen LogP contribution is 2.35. The highest BCUT2D eigenvalue weighted by molar-refractivity contribution is 5.78. The zero-order chi connectivity index (χ0) is 28.5. The SMILES string of the molecule is CC.CC.COC(=O)C1CCN(CC(=O)N2CCc3c(C(F)(F)F)nn(Cc4ccc(F)cc4)c3C2)CC1. The van der Waals surface area contributed by atoms with Crippen LogP contribution >= 0.6 is 0 Å². The Kier molecular flexibility index (Phi) is 11.7. The number of methoxy groups -OCH3 is 1. The second kappa shape index (κ2) is 14.3. The van der Waals surface area contributed by atoms with Gasteiger partial charge in [-0.1, -0.05) is 39.8 Å². The van der Waals surface area contributed by atoms with Crippen molar-refractivity contribution in [3.8, 4) is 0 Å². The molecule has 1 amide bonds. The number of ether oxygens (including phenoxy) is 1. The number of benzene rings is 1. The van der Waals surface area contributed by atoms with E-state index in [0.29, 0.717) is 37.2 Å². The van der Waals surface area contributed by atoms with Gasteiger partial charge in [0.1, 0.15) is 5.82 Å². The van der Waals surface area contributed by atoms with Gasteiger partial charge in [0.05, 0.1) is 38.4 Å². The molecule has 2 aliphatic rings. The number of amides is 1. The number of carbonyl (C=O) groups is 2. The molecular formula is C27H38F4N4O3. The summed E-state index contributed by atoms with van der Waals surface area (Å²) in [6, 6.07) is 5.49. The molecule has 2 aromatic rings. The van der Waals surface area contributed by atoms with Crippen LogP contribution in [0.5, 0.6) is 0 Å². The van der Waals surface area contributed by atoms with Gasteiger partial charge < -0.3 is 9.64 Å².